The summed E-state index contributed by atoms with van der Waals surface area (Å²) in [5, 5.41) is 0. The Labute approximate surface area is 155 Å². The molecular formula is C18H19BrFNO4. The van der Waals surface area contributed by atoms with Crippen LogP contribution in [0.25, 0.3) is 0 Å². The van der Waals surface area contributed by atoms with E-state index in [0.717, 1.165) is 5.48 Å². The number of hydrogen-bond acceptors (Lipinski definition) is 4. The molecule has 0 fully saturated rings. The molecule has 0 spiro atoms. The van der Waals surface area contributed by atoms with Gasteiger partial charge in [-0.05, 0) is 0 Å². The van der Waals surface area contributed by atoms with Crippen molar-refractivity contribution in [2.45, 2.75) is 12.6 Å². The summed E-state index contributed by atoms with van der Waals surface area (Å²) >= 11 is 0. The van der Waals surface area contributed by atoms with Gasteiger partial charge in [-0.15, -0.1) is 0 Å². The van der Waals surface area contributed by atoms with Gasteiger partial charge in [0.05, 0.1) is 0 Å². The highest BCUT2D eigenvalue weighted by Crippen LogP contribution is 2.34. The minimum Gasteiger partial charge on any atom is -1.00 e. The summed E-state index contributed by atoms with van der Waals surface area (Å²) in [7, 11) is 0. The summed E-state index contributed by atoms with van der Waals surface area (Å²) in [5.41, 5.74) is -0.893. The molecule has 0 aromatic heterocycles. The molecule has 0 bridgehead atoms. The zero-order valence-corrected chi connectivity index (χ0v) is 15.2. The van der Waals surface area contributed by atoms with Crippen LogP contribution in [0.15, 0.2) is 60.7 Å². The van der Waals surface area contributed by atoms with Gasteiger partial charge in [0.25, 0.3) is 5.67 Å². The number of esters is 1. The number of halogens is 2. The molecule has 5 nitrogen and oxygen atoms in total. The Balaban J connectivity index is 0.00000312. The van der Waals surface area contributed by atoms with Crippen LogP contribution in [-0.4, -0.2) is 25.1 Å². The second kappa shape index (κ2) is 9.90. The highest BCUT2D eigenvalue weighted by atomic mass is 79.9. The smallest absolute Gasteiger partial charge is 0.412 e. The highest BCUT2D eigenvalue weighted by Gasteiger charge is 2.45. The Morgan fingerprint density at radius 3 is 1.92 bits per heavy atom. The monoisotopic (exact) mass is 411 g/mol. The molecule has 0 atom stereocenters. The summed E-state index contributed by atoms with van der Waals surface area (Å²) < 4.78 is 20.4. The van der Waals surface area contributed by atoms with Gasteiger partial charge in [0, 0.05) is 18.1 Å². The Morgan fingerprint density at radius 1 is 1.00 bits per heavy atom. The van der Waals surface area contributed by atoms with Crippen molar-refractivity contribution in [1.29, 1.82) is 0 Å². The summed E-state index contributed by atoms with van der Waals surface area (Å²) in [4.78, 5) is 28.1. The number of carbonyl (C=O) groups is 2. The van der Waals surface area contributed by atoms with E-state index >= 15 is 4.39 Å². The third kappa shape index (κ3) is 5.37. The predicted molar refractivity (Wildman–Crippen MR) is 84.3 cm³/mol. The van der Waals surface area contributed by atoms with Crippen molar-refractivity contribution in [3.05, 3.63) is 71.8 Å². The van der Waals surface area contributed by atoms with Gasteiger partial charge in [-0.25, -0.2) is 9.18 Å². The van der Waals surface area contributed by atoms with E-state index in [4.69, 9.17) is 9.57 Å². The van der Waals surface area contributed by atoms with Crippen molar-refractivity contribution in [2.24, 2.45) is 0 Å². The minimum absolute atomic E-state index is 0. The van der Waals surface area contributed by atoms with Crippen molar-refractivity contribution in [3.63, 3.8) is 0 Å². The molecule has 134 valence electrons. The molecule has 0 aliphatic heterocycles. The number of quaternary nitrogens is 1. The standard InChI is InChI=1S/C18H18FNO4.BrH/c1-14(21)23-13-12-20-24-17(22)18(19,15-8-4-2-5-9-15)16-10-6-3-7-11-16;/h2-11,20H,12-13H2,1H3;1H. The summed E-state index contributed by atoms with van der Waals surface area (Å²) in [5.74, 6) is -1.47. The summed E-state index contributed by atoms with van der Waals surface area (Å²) in [6.45, 7) is 1.53. The first-order chi connectivity index (χ1) is 11.5. The van der Waals surface area contributed by atoms with Gasteiger partial charge < -0.3 is 21.7 Å². The molecule has 0 saturated heterocycles. The number of nitrogens with two attached hydrogens (primary N) is 1. The summed E-state index contributed by atoms with van der Waals surface area (Å²) in [6, 6.07) is 16.3. The molecule has 0 saturated carbocycles. The van der Waals surface area contributed by atoms with Crippen LogP contribution in [-0.2, 0) is 24.8 Å². The average Bonchev–Trinajstić information content (AvgIpc) is 2.61. The van der Waals surface area contributed by atoms with E-state index in [0.29, 0.717) is 0 Å². The molecule has 25 heavy (non-hydrogen) atoms. The molecule has 0 aliphatic rings. The molecular weight excluding hydrogens is 393 g/mol. The van der Waals surface area contributed by atoms with Crippen LogP contribution in [0.1, 0.15) is 18.1 Å². The van der Waals surface area contributed by atoms with Gasteiger partial charge in [0.15, 0.2) is 0 Å². The molecule has 0 heterocycles. The van der Waals surface area contributed by atoms with Crippen LogP contribution in [0.2, 0.25) is 0 Å². The maximum absolute atomic E-state index is 15.7. The van der Waals surface area contributed by atoms with Crippen molar-refractivity contribution in [3.8, 4) is 0 Å². The number of carbonyl (C=O) groups excluding carboxylic acids is 2. The van der Waals surface area contributed by atoms with Crippen LogP contribution >= 0.6 is 0 Å². The number of hydroxylamine groups is 1. The zero-order chi connectivity index (χ0) is 17.4. The van der Waals surface area contributed by atoms with Crippen LogP contribution < -0.4 is 22.5 Å². The fraction of sp³-hybridized carbons (Fsp3) is 0.222. The van der Waals surface area contributed by atoms with Gasteiger partial charge in [-0.2, -0.15) is 5.48 Å². The van der Waals surface area contributed by atoms with E-state index in [-0.39, 0.29) is 41.3 Å². The van der Waals surface area contributed by atoms with Gasteiger partial charge in [0.2, 0.25) is 0 Å². The zero-order valence-electron chi connectivity index (χ0n) is 13.7. The Morgan fingerprint density at radius 2 is 1.48 bits per heavy atom. The Bertz CT molecular complexity index is 642. The van der Waals surface area contributed by atoms with Crippen LogP contribution in [0.4, 0.5) is 4.39 Å². The van der Waals surface area contributed by atoms with Crippen LogP contribution in [0.5, 0.6) is 0 Å². The maximum Gasteiger partial charge on any atom is 0.412 e. The molecule has 0 aliphatic carbocycles. The van der Waals surface area contributed by atoms with Crippen molar-refractivity contribution in [1.82, 2.24) is 0 Å². The lowest BCUT2D eigenvalue weighted by Gasteiger charge is -2.22. The van der Waals surface area contributed by atoms with Crippen LogP contribution in [0.3, 0.4) is 0 Å². The molecule has 2 rings (SSSR count). The van der Waals surface area contributed by atoms with Gasteiger partial charge >= 0.3 is 11.9 Å². The number of rotatable bonds is 7. The van der Waals surface area contributed by atoms with E-state index in [1.807, 2.05) is 0 Å². The lowest BCUT2D eigenvalue weighted by Crippen LogP contribution is -3.00. The van der Waals surface area contributed by atoms with E-state index in [1.165, 1.54) is 31.2 Å². The number of alkyl halides is 1. The average molecular weight is 412 g/mol. The first kappa shape index (κ1) is 20.8. The number of ether oxygens (including phenoxy) is 1. The highest BCUT2D eigenvalue weighted by molar-refractivity contribution is 5.85. The number of benzene rings is 2. The SMILES string of the molecule is CC(=O)OCC[NH2+]OC(=O)C(F)(c1ccccc1)c1ccccc1.[Br-]. The molecule has 2 aromatic rings. The van der Waals surface area contributed by atoms with Gasteiger partial charge in [-0.1, -0.05) is 60.7 Å². The molecule has 0 amide bonds. The largest absolute Gasteiger partial charge is 1.00 e. The van der Waals surface area contributed by atoms with Crippen molar-refractivity contribution < 1.29 is 46.0 Å². The van der Waals surface area contributed by atoms with E-state index < -0.39 is 17.6 Å². The third-order valence-corrected chi connectivity index (χ3v) is 3.36. The second-order valence-corrected chi connectivity index (χ2v) is 5.09. The Hall–Kier alpha value is -2.25. The van der Waals surface area contributed by atoms with Gasteiger partial charge in [-0.3, -0.25) is 9.63 Å². The quantitative estimate of drug-likeness (QED) is 0.341. The molecule has 0 radical (unpaired) electrons. The fourth-order valence-corrected chi connectivity index (χ4v) is 2.20. The third-order valence-electron chi connectivity index (χ3n) is 3.36. The summed E-state index contributed by atoms with van der Waals surface area (Å²) in [6.07, 6.45) is 0. The number of hydrogen-bond donors (Lipinski definition) is 1. The second-order valence-electron chi connectivity index (χ2n) is 5.09. The van der Waals surface area contributed by atoms with Gasteiger partial charge in [0.1, 0.15) is 13.2 Å². The minimum atomic E-state index is -2.42. The van der Waals surface area contributed by atoms with Crippen molar-refractivity contribution >= 4 is 11.9 Å². The van der Waals surface area contributed by atoms with E-state index in [1.54, 1.807) is 36.4 Å². The van der Waals surface area contributed by atoms with E-state index in [2.05, 4.69) is 0 Å². The molecule has 2 aromatic carbocycles. The first-order valence-corrected chi connectivity index (χ1v) is 7.51. The topological polar surface area (TPSA) is 69.2 Å². The van der Waals surface area contributed by atoms with Crippen molar-refractivity contribution in [2.75, 3.05) is 13.2 Å². The predicted octanol–water partition coefficient (Wildman–Crippen LogP) is -1.51. The lowest BCUT2D eigenvalue weighted by molar-refractivity contribution is -0.873. The molecule has 2 N–H and O–H groups in total. The molecule has 7 heteroatoms. The first-order valence-electron chi connectivity index (χ1n) is 7.51. The van der Waals surface area contributed by atoms with Crippen LogP contribution in [0, 0.1) is 0 Å². The maximum atomic E-state index is 15.7. The normalized spacial score (nSPS) is 10.5. The Kier molecular flexibility index (Phi) is 8.24. The fourth-order valence-electron chi connectivity index (χ4n) is 2.20. The lowest BCUT2D eigenvalue weighted by atomic mass is 9.88. The van der Waals surface area contributed by atoms with E-state index in [9.17, 15) is 9.59 Å². The molecule has 0 unspecified atom stereocenters.